The van der Waals surface area contributed by atoms with Crippen LogP contribution in [0.5, 0.6) is 0 Å². The molecule has 0 bridgehead atoms. The van der Waals surface area contributed by atoms with Crippen LogP contribution in [-0.2, 0) is 14.3 Å². The molecule has 0 radical (unpaired) electrons. The van der Waals surface area contributed by atoms with Crippen LogP contribution in [0.25, 0.3) is 0 Å². The highest BCUT2D eigenvalue weighted by atomic mass is 16.5. The van der Waals surface area contributed by atoms with E-state index in [1.54, 1.807) is 7.11 Å². The average Bonchev–Trinajstić information content (AvgIpc) is 2.91. The number of likely N-dealkylation sites (tertiary alicyclic amines) is 1. The molecule has 2 fully saturated rings. The first kappa shape index (κ1) is 20.8. The summed E-state index contributed by atoms with van der Waals surface area (Å²) in [6.07, 6.45) is 2.04. The summed E-state index contributed by atoms with van der Waals surface area (Å²) < 4.78 is 5.25. The van der Waals surface area contributed by atoms with Crippen molar-refractivity contribution in [3.8, 4) is 0 Å². The zero-order valence-corrected chi connectivity index (χ0v) is 17.4. The Bertz CT molecular complexity index is 693. The number of likely N-dealkylation sites (N-methyl/N-ethyl adjacent to an activating group) is 1. The first-order valence-electron chi connectivity index (χ1n) is 10.3. The third kappa shape index (κ3) is 4.55. The number of amides is 2. The molecule has 0 unspecified atom stereocenters. The number of carbonyl (C=O) groups is 2. The molecule has 0 N–H and O–H groups in total. The van der Waals surface area contributed by atoms with E-state index in [-0.39, 0.29) is 23.8 Å². The van der Waals surface area contributed by atoms with E-state index in [1.165, 1.54) is 0 Å². The topological polar surface area (TPSA) is 53.1 Å². The number of hydrogen-bond donors (Lipinski definition) is 0. The van der Waals surface area contributed by atoms with Crippen molar-refractivity contribution in [1.82, 2.24) is 14.7 Å². The highest BCUT2D eigenvalue weighted by Crippen LogP contribution is 2.39. The normalized spacial score (nSPS) is 24.3. The maximum absolute atomic E-state index is 13.6. The van der Waals surface area contributed by atoms with Crippen molar-refractivity contribution in [2.75, 3.05) is 53.5 Å². The fourth-order valence-corrected chi connectivity index (χ4v) is 4.47. The van der Waals surface area contributed by atoms with Gasteiger partial charge < -0.3 is 19.4 Å². The number of aryl methyl sites for hydroxylation is 1. The molecule has 154 valence electrons. The SMILES string of the molecule is COCCN1C(=O)CC[C@@H](C(=O)N2CCCN(C)CC2)[C@@H]1c1ccccc1C. The van der Waals surface area contributed by atoms with Crippen molar-refractivity contribution in [2.45, 2.75) is 32.2 Å². The van der Waals surface area contributed by atoms with Crippen LogP contribution in [0, 0.1) is 12.8 Å². The van der Waals surface area contributed by atoms with Crippen LogP contribution in [0.15, 0.2) is 24.3 Å². The van der Waals surface area contributed by atoms with E-state index >= 15 is 0 Å². The maximum Gasteiger partial charge on any atom is 0.228 e. The summed E-state index contributed by atoms with van der Waals surface area (Å²) in [5.41, 5.74) is 2.20. The summed E-state index contributed by atoms with van der Waals surface area (Å²) in [6.45, 7) is 6.54. The Kier molecular flexibility index (Phi) is 7.08. The highest BCUT2D eigenvalue weighted by Gasteiger charge is 2.42. The van der Waals surface area contributed by atoms with Crippen molar-refractivity contribution in [1.29, 1.82) is 0 Å². The van der Waals surface area contributed by atoms with Gasteiger partial charge in [0.2, 0.25) is 11.8 Å². The molecular formula is C22H33N3O3. The minimum absolute atomic E-state index is 0.116. The van der Waals surface area contributed by atoms with Gasteiger partial charge in [0.05, 0.1) is 18.6 Å². The van der Waals surface area contributed by atoms with Gasteiger partial charge in [-0.2, -0.15) is 0 Å². The molecule has 0 aliphatic carbocycles. The van der Waals surface area contributed by atoms with Crippen LogP contribution in [0.1, 0.15) is 36.4 Å². The number of rotatable bonds is 5. The smallest absolute Gasteiger partial charge is 0.228 e. The first-order valence-corrected chi connectivity index (χ1v) is 10.3. The molecule has 2 amide bonds. The Hall–Kier alpha value is -1.92. The molecule has 2 aliphatic rings. The molecule has 2 heterocycles. The van der Waals surface area contributed by atoms with Gasteiger partial charge in [-0.3, -0.25) is 9.59 Å². The zero-order valence-electron chi connectivity index (χ0n) is 17.4. The lowest BCUT2D eigenvalue weighted by Crippen LogP contribution is -2.50. The predicted molar refractivity (Wildman–Crippen MR) is 109 cm³/mol. The number of nitrogens with zero attached hydrogens (tertiary/aromatic N) is 3. The molecular weight excluding hydrogens is 354 g/mol. The van der Waals surface area contributed by atoms with Crippen molar-refractivity contribution in [3.05, 3.63) is 35.4 Å². The van der Waals surface area contributed by atoms with Crippen LogP contribution < -0.4 is 0 Å². The Labute approximate surface area is 168 Å². The fraction of sp³-hybridized carbons (Fsp3) is 0.636. The van der Waals surface area contributed by atoms with E-state index in [2.05, 4.69) is 31.0 Å². The molecule has 1 aromatic rings. The van der Waals surface area contributed by atoms with Crippen LogP contribution in [0.2, 0.25) is 0 Å². The van der Waals surface area contributed by atoms with Crippen LogP contribution in [0.4, 0.5) is 0 Å². The average molecular weight is 388 g/mol. The predicted octanol–water partition coefficient (Wildman–Crippen LogP) is 2.09. The molecule has 1 aromatic carbocycles. The summed E-state index contributed by atoms with van der Waals surface area (Å²) in [6, 6.07) is 7.91. The number of methoxy groups -OCH3 is 1. The second kappa shape index (κ2) is 9.52. The fourth-order valence-electron chi connectivity index (χ4n) is 4.47. The zero-order chi connectivity index (χ0) is 20.1. The number of piperidine rings is 1. The van der Waals surface area contributed by atoms with Crippen molar-refractivity contribution in [3.63, 3.8) is 0 Å². The quantitative estimate of drug-likeness (QED) is 0.776. The lowest BCUT2D eigenvalue weighted by atomic mass is 9.81. The highest BCUT2D eigenvalue weighted by molar-refractivity contribution is 5.85. The van der Waals surface area contributed by atoms with Gasteiger partial charge in [0.25, 0.3) is 0 Å². The summed E-state index contributed by atoms with van der Waals surface area (Å²) in [7, 11) is 3.75. The van der Waals surface area contributed by atoms with Crippen molar-refractivity contribution >= 4 is 11.8 Å². The molecule has 0 spiro atoms. The lowest BCUT2D eigenvalue weighted by Gasteiger charge is -2.42. The summed E-state index contributed by atoms with van der Waals surface area (Å²) >= 11 is 0. The largest absolute Gasteiger partial charge is 0.383 e. The van der Waals surface area contributed by atoms with Gasteiger partial charge in [0, 0.05) is 39.7 Å². The van der Waals surface area contributed by atoms with E-state index in [1.807, 2.05) is 21.9 Å². The third-order valence-corrected chi connectivity index (χ3v) is 6.10. The lowest BCUT2D eigenvalue weighted by molar-refractivity contribution is -0.148. The van der Waals surface area contributed by atoms with Gasteiger partial charge in [0.15, 0.2) is 0 Å². The summed E-state index contributed by atoms with van der Waals surface area (Å²) in [4.78, 5) is 32.5. The third-order valence-electron chi connectivity index (χ3n) is 6.10. The molecule has 28 heavy (non-hydrogen) atoms. The van der Waals surface area contributed by atoms with Crippen LogP contribution >= 0.6 is 0 Å². The second-order valence-electron chi connectivity index (χ2n) is 8.01. The molecule has 6 heteroatoms. The first-order chi connectivity index (χ1) is 13.5. The summed E-state index contributed by atoms with van der Waals surface area (Å²) in [5.74, 6) is 0.113. The minimum atomic E-state index is -0.217. The molecule has 0 aromatic heterocycles. The molecule has 6 nitrogen and oxygen atoms in total. The second-order valence-corrected chi connectivity index (χ2v) is 8.01. The van der Waals surface area contributed by atoms with E-state index in [4.69, 9.17) is 4.74 Å². The van der Waals surface area contributed by atoms with Gasteiger partial charge in [0.1, 0.15) is 0 Å². The van der Waals surface area contributed by atoms with E-state index in [0.29, 0.717) is 26.0 Å². The molecule has 2 atom stereocenters. The Morgan fingerprint density at radius 1 is 1.18 bits per heavy atom. The van der Waals surface area contributed by atoms with Gasteiger partial charge >= 0.3 is 0 Å². The number of benzene rings is 1. The monoisotopic (exact) mass is 387 g/mol. The standard InChI is InChI=1S/C22H33N3O3/c1-17-7-4-5-8-18(17)21-19(9-10-20(26)25(21)15-16-28-3)22(27)24-12-6-11-23(2)13-14-24/h4-5,7-8,19,21H,6,9-16H2,1-3H3/t19-,21+/m1/s1. The van der Waals surface area contributed by atoms with Gasteiger partial charge in [-0.1, -0.05) is 24.3 Å². The van der Waals surface area contributed by atoms with Gasteiger partial charge in [-0.25, -0.2) is 0 Å². The van der Waals surface area contributed by atoms with E-state index < -0.39 is 0 Å². The Balaban J connectivity index is 1.91. The van der Waals surface area contributed by atoms with Gasteiger partial charge in [-0.15, -0.1) is 0 Å². The van der Waals surface area contributed by atoms with Crippen molar-refractivity contribution in [2.24, 2.45) is 5.92 Å². The van der Waals surface area contributed by atoms with Crippen molar-refractivity contribution < 1.29 is 14.3 Å². The molecule has 2 aliphatic heterocycles. The van der Waals surface area contributed by atoms with Gasteiger partial charge in [-0.05, 0) is 44.5 Å². The molecule has 2 saturated heterocycles. The molecule has 0 saturated carbocycles. The number of hydrogen-bond acceptors (Lipinski definition) is 4. The van der Waals surface area contributed by atoms with E-state index in [9.17, 15) is 9.59 Å². The Morgan fingerprint density at radius 2 is 1.96 bits per heavy atom. The van der Waals surface area contributed by atoms with E-state index in [0.717, 1.165) is 43.7 Å². The van der Waals surface area contributed by atoms with Crippen LogP contribution in [-0.4, -0.2) is 80.0 Å². The maximum atomic E-state index is 13.6. The molecule has 3 rings (SSSR count). The number of carbonyl (C=O) groups excluding carboxylic acids is 2. The minimum Gasteiger partial charge on any atom is -0.383 e. The number of ether oxygens (including phenoxy) is 1. The van der Waals surface area contributed by atoms with Crippen LogP contribution in [0.3, 0.4) is 0 Å². The Morgan fingerprint density at radius 3 is 2.71 bits per heavy atom. The summed E-state index contributed by atoms with van der Waals surface area (Å²) in [5, 5.41) is 0.